The first-order valence-electron chi connectivity index (χ1n) is 11.4. The summed E-state index contributed by atoms with van der Waals surface area (Å²) in [6.07, 6.45) is 2.27. The predicted octanol–water partition coefficient (Wildman–Crippen LogP) is 5.96. The summed E-state index contributed by atoms with van der Waals surface area (Å²) >= 11 is 0. The molecule has 0 bridgehead atoms. The molecule has 4 aromatic carbocycles. The molecule has 0 amide bonds. The molecule has 0 unspecified atom stereocenters. The number of allylic oxidation sites excluding steroid dienone is 2. The average molecular weight is 473 g/mol. The van der Waals surface area contributed by atoms with Gasteiger partial charge in [0.25, 0.3) is 0 Å². The molecular weight excluding hydrogens is 448 g/mol. The van der Waals surface area contributed by atoms with Crippen LogP contribution in [0.5, 0.6) is 0 Å². The first kappa shape index (κ1) is 24.1. The number of carbonyl (C=O) groups excluding carboxylic acids is 2. The number of aliphatic hydroxyl groups excluding tert-OH is 1. The van der Waals surface area contributed by atoms with Gasteiger partial charge < -0.3 is 5.11 Å². The van der Waals surface area contributed by atoms with E-state index in [0.29, 0.717) is 16.8 Å². The van der Waals surface area contributed by atoms with Crippen LogP contribution in [-0.2, 0) is 4.79 Å². The molecule has 0 aliphatic rings. The highest BCUT2D eigenvalue weighted by atomic mass is 16.3. The molecule has 4 aromatic rings. The highest BCUT2D eigenvalue weighted by Crippen LogP contribution is 2.14. The van der Waals surface area contributed by atoms with Crippen LogP contribution in [0, 0.1) is 0 Å². The van der Waals surface area contributed by atoms with Crippen molar-refractivity contribution in [2.45, 2.75) is 0 Å². The zero-order valence-corrected chi connectivity index (χ0v) is 19.4. The van der Waals surface area contributed by atoms with Crippen LogP contribution < -0.4 is 5.43 Å². The minimum absolute atomic E-state index is 0.0734. The van der Waals surface area contributed by atoms with Crippen LogP contribution in [0.4, 0.5) is 0 Å². The number of aliphatic hydroxyl groups is 1. The maximum absolute atomic E-state index is 13.2. The largest absolute Gasteiger partial charge is 0.507 e. The molecule has 5 heteroatoms. The Hall–Kier alpha value is -5.03. The molecule has 176 valence electrons. The van der Waals surface area contributed by atoms with E-state index in [9.17, 15) is 14.7 Å². The third-order valence-electron chi connectivity index (χ3n) is 5.32. The molecule has 4 rings (SSSR count). The second-order valence-electron chi connectivity index (χ2n) is 7.85. The van der Waals surface area contributed by atoms with Crippen molar-refractivity contribution < 1.29 is 14.7 Å². The van der Waals surface area contributed by atoms with Gasteiger partial charge in [0, 0.05) is 34.4 Å². The van der Waals surface area contributed by atoms with Gasteiger partial charge in [-0.25, -0.2) is 0 Å². The van der Waals surface area contributed by atoms with Crippen LogP contribution in [0.3, 0.4) is 0 Å². The Morgan fingerprint density at radius 2 is 1.00 bits per heavy atom. The number of hydrogen-bond acceptors (Lipinski definition) is 5. The van der Waals surface area contributed by atoms with Crippen LogP contribution in [0.1, 0.15) is 27.0 Å². The SMILES string of the molecule is O=C(/C=C(\O)c1ccccc1)C(=CC(=O)c1ccccc1)NN=C(c1ccccc1)c1ccccc1. The normalized spacial score (nSPS) is 11.4. The quantitative estimate of drug-likeness (QED) is 0.104. The van der Waals surface area contributed by atoms with E-state index in [1.54, 1.807) is 48.5 Å². The first-order valence-corrected chi connectivity index (χ1v) is 11.4. The maximum atomic E-state index is 13.2. The third kappa shape index (κ3) is 6.30. The Morgan fingerprint density at radius 1 is 0.583 bits per heavy atom. The predicted molar refractivity (Wildman–Crippen MR) is 143 cm³/mol. The monoisotopic (exact) mass is 472 g/mol. The van der Waals surface area contributed by atoms with Crippen molar-refractivity contribution >= 4 is 23.0 Å². The van der Waals surface area contributed by atoms with Gasteiger partial charge in [-0.15, -0.1) is 0 Å². The highest BCUT2D eigenvalue weighted by Gasteiger charge is 2.14. The summed E-state index contributed by atoms with van der Waals surface area (Å²) in [5, 5.41) is 15.0. The van der Waals surface area contributed by atoms with E-state index in [4.69, 9.17) is 0 Å². The van der Waals surface area contributed by atoms with Gasteiger partial charge in [-0.2, -0.15) is 5.10 Å². The summed E-state index contributed by atoms with van der Waals surface area (Å²) in [7, 11) is 0. The molecule has 0 aliphatic heterocycles. The van der Waals surface area contributed by atoms with E-state index >= 15 is 0 Å². The Kier molecular flexibility index (Phi) is 7.97. The topological polar surface area (TPSA) is 78.8 Å². The van der Waals surface area contributed by atoms with Gasteiger partial charge in [0.15, 0.2) is 5.78 Å². The second kappa shape index (κ2) is 11.9. The lowest BCUT2D eigenvalue weighted by molar-refractivity contribution is -0.111. The van der Waals surface area contributed by atoms with Crippen molar-refractivity contribution in [3.63, 3.8) is 0 Å². The van der Waals surface area contributed by atoms with Gasteiger partial charge in [-0.1, -0.05) is 121 Å². The second-order valence-corrected chi connectivity index (χ2v) is 7.85. The van der Waals surface area contributed by atoms with Crippen LogP contribution in [0.2, 0.25) is 0 Å². The zero-order valence-electron chi connectivity index (χ0n) is 19.4. The van der Waals surface area contributed by atoms with Gasteiger partial charge in [-0.3, -0.25) is 15.0 Å². The fourth-order valence-electron chi connectivity index (χ4n) is 3.47. The lowest BCUT2D eigenvalue weighted by atomic mass is 10.0. The van der Waals surface area contributed by atoms with E-state index in [0.717, 1.165) is 17.2 Å². The van der Waals surface area contributed by atoms with Gasteiger partial charge in [-0.05, 0) is 0 Å². The van der Waals surface area contributed by atoms with E-state index < -0.39 is 5.78 Å². The summed E-state index contributed by atoms with van der Waals surface area (Å²) in [6, 6.07) is 36.4. The summed E-state index contributed by atoms with van der Waals surface area (Å²) < 4.78 is 0. The lowest BCUT2D eigenvalue weighted by Crippen LogP contribution is -2.19. The van der Waals surface area contributed by atoms with E-state index in [2.05, 4.69) is 10.5 Å². The smallest absolute Gasteiger partial charge is 0.207 e. The molecule has 0 heterocycles. The molecule has 0 saturated carbocycles. The summed E-state index contributed by atoms with van der Waals surface area (Å²) in [6.45, 7) is 0. The summed E-state index contributed by atoms with van der Waals surface area (Å²) in [4.78, 5) is 26.1. The summed E-state index contributed by atoms with van der Waals surface area (Å²) in [5.41, 5.74) is 5.90. The number of benzene rings is 4. The lowest BCUT2D eigenvalue weighted by Gasteiger charge is -2.10. The molecule has 0 saturated heterocycles. The fraction of sp³-hybridized carbons (Fsp3) is 0. The number of ketones is 2. The number of nitrogens with zero attached hydrogens (tertiary/aromatic N) is 1. The molecule has 0 fully saturated rings. The van der Waals surface area contributed by atoms with Crippen molar-refractivity contribution in [3.05, 3.63) is 161 Å². The zero-order chi connectivity index (χ0) is 25.2. The number of carbonyl (C=O) groups is 2. The maximum Gasteiger partial charge on any atom is 0.207 e. The molecule has 0 atom stereocenters. The average Bonchev–Trinajstić information content (AvgIpc) is 2.94. The summed E-state index contributed by atoms with van der Waals surface area (Å²) in [5.74, 6) is -1.17. The number of rotatable bonds is 9. The molecular formula is C31H24N2O3. The molecule has 0 spiro atoms. The van der Waals surface area contributed by atoms with Gasteiger partial charge in [0.05, 0.1) is 5.71 Å². The third-order valence-corrected chi connectivity index (χ3v) is 5.32. The van der Waals surface area contributed by atoms with Gasteiger partial charge >= 0.3 is 0 Å². The first-order chi connectivity index (χ1) is 17.6. The number of hydrazone groups is 1. The minimum atomic E-state index is -0.593. The molecule has 36 heavy (non-hydrogen) atoms. The van der Waals surface area contributed by atoms with E-state index in [1.165, 1.54) is 6.08 Å². The van der Waals surface area contributed by atoms with Crippen LogP contribution in [0.15, 0.2) is 144 Å². The highest BCUT2D eigenvalue weighted by molar-refractivity contribution is 6.15. The van der Waals surface area contributed by atoms with Crippen molar-refractivity contribution in [1.82, 2.24) is 5.43 Å². The van der Waals surface area contributed by atoms with Gasteiger partial charge in [0.2, 0.25) is 5.78 Å². The van der Waals surface area contributed by atoms with Crippen LogP contribution in [0.25, 0.3) is 5.76 Å². The molecule has 2 N–H and O–H groups in total. The minimum Gasteiger partial charge on any atom is -0.507 e. The van der Waals surface area contributed by atoms with E-state index in [1.807, 2.05) is 72.8 Å². The molecule has 0 aliphatic carbocycles. The Bertz CT molecular complexity index is 1370. The fourth-order valence-corrected chi connectivity index (χ4v) is 3.47. The van der Waals surface area contributed by atoms with Crippen molar-refractivity contribution in [1.29, 1.82) is 0 Å². The van der Waals surface area contributed by atoms with Gasteiger partial charge in [0.1, 0.15) is 11.5 Å². The van der Waals surface area contributed by atoms with Crippen LogP contribution >= 0.6 is 0 Å². The number of nitrogens with one attached hydrogen (secondary N) is 1. The van der Waals surface area contributed by atoms with Crippen molar-refractivity contribution in [2.75, 3.05) is 0 Å². The number of hydrogen-bond donors (Lipinski definition) is 2. The standard InChI is InChI=1S/C31H24N2O3/c34-28(23-13-5-1-6-14-23)21-27(30(36)22-29(35)24-15-7-2-8-16-24)32-33-31(25-17-9-3-10-18-25)26-19-11-4-12-20-26/h1-22,32,35H/b27-21?,29-22-. The molecule has 5 nitrogen and oxygen atoms in total. The Balaban J connectivity index is 1.73. The molecule has 0 radical (unpaired) electrons. The van der Waals surface area contributed by atoms with Crippen molar-refractivity contribution in [2.24, 2.45) is 5.10 Å². The van der Waals surface area contributed by atoms with Crippen molar-refractivity contribution in [3.8, 4) is 0 Å². The van der Waals surface area contributed by atoms with Crippen LogP contribution in [-0.4, -0.2) is 22.4 Å². The Morgan fingerprint density at radius 3 is 1.47 bits per heavy atom. The molecule has 0 aromatic heterocycles. The van der Waals surface area contributed by atoms with E-state index in [-0.39, 0.29) is 17.2 Å². The Labute approximate surface area is 209 Å².